The van der Waals surface area contributed by atoms with Crippen LogP contribution in [0.4, 0.5) is 0 Å². The molecule has 0 bridgehead atoms. The second-order valence-corrected chi connectivity index (χ2v) is 16.0. The van der Waals surface area contributed by atoms with Gasteiger partial charge < -0.3 is 9.13 Å². The van der Waals surface area contributed by atoms with Crippen LogP contribution in [0.15, 0.2) is 237 Å². The lowest BCUT2D eigenvalue weighted by Gasteiger charge is -2.13. The van der Waals surface area contributed by atoms with Crippen LogP contribution in [0.25, 0.3) is 111 Å². The van der Waals surface area contributed by atoms with Crippen molar-refractivity contribution < 1.29 is 0 Å². The molecular formula is C59H39N3. The van der Waals surface area contributed by atoms with Gasteiger partial charge in [-0.2, -0.15) is 0 Å². The van der Waals surface area contributed by atoms with Crippen LogP contribution in [-0.2, 0) is 0 Å². The van der Waals surface area contributed by atoms with E-state index in [0.29, 0.717) is 0 Å². The predicted octanol–water partition coefficient (Wildman–Crippen LogP) is 15.6. The van der Waals surface area contributed by atoms with E-state index in [9.17, 15) is 0 Å². The number of aromatic nitrogens is 3. The lowest BCUT2D eigenvalue weighted by Crippen LogP contribution is -1.96. The van der Waals surface area contributed by atoms with Crippen LogP contribution in [0.1, 0.15) is 0 Å². The van der Waals surface area contributed by atoms with Crippen molar-refractivity contribution >= 4 is 43.6 Å². The predicted molar refractivity (Wildman–Crippen MR) is 260 cm³/mol. The molecule has 0 amide bonds. The lowest BCUT2D eigenvalue weighted by atomic mass is 9.97. The normalized spacial score (nSPS) is 11.5. The van der Waals surface area contributed by atoms with Gasteiger partial charge in [-0.1, -0.05) is 170 Å². The Balaban J connectivity index is 0.945. The van der Waals surface area contributed by atoms with Crippen LogP contribution in [0.3, 0.4) is 0 Å². The lowest BCUT2D eigenvalue weighted by molar-refractivity contribution is 1.17. The van der Waals surface area contributed by atoms with Crippen molar-refractivity contribution in [1.29, 1.82) is 0 Å². The zero-order valence-corrected chi connectivity index (χ0v) is 33.9. The van der Waals surface area contributed by atoms with Gasteiger partial charge in [0.05, 0.1) is 33.5 Å². The van der Waals surface area contributed by atoms with E-state index in [0.717, 1.165) is 45.0 Å². The van der Waals surface area contributed by atoms with Crippen molar-refractivity contribution in [2.75, 3.05) is 0 Å². The van der Waals surface area contributed by atoms with Crippen LogP contribution < -0.4 is 0 Å². The number of fused-ring (bicyclic) bond motifs is 6. The summed E-state index contributed by atoms with van der Waals surface area (Å²) in [6, 6.07) is 85.1. The summed E-state index contributed by atoms with van der Waals surface area (Å²) in [5.41, 5.74) is 18.2. The van der Waals surface area contributed by atoms with E-state index < -0.39 is 0 Å². The fourth-order valence-electron chi connectivity index (χ4n) is 9.41. The first-order valence-electron chi connectivity index (χ1n) is 21.2. The summed E-state index contributed by atoms with van der Waals surface area (Å²) in [7, 11) is 0. The van der Waals surface area contributed by atoms with Crippen molar-refractivity contribution in [3.8, 4) is 67.3 Å². The smallest absolute Gasteiger partial charge is 0.0715 e. The molecule has 0 aliphatic rings. The summed E-state index contributed by atoms with van der Waals surface area (Å²) in [5, 5.41) is 4.96. The van der Waals surface area contributed by atoms with Gasteiger partial charge in [0.15, 0.2) is 0 Å². The highest BCUT2D eigenvalue weighted by Crippen LogP contribution is 2.40. The third-order valence-corrected chi connectivity index (χ3v) is 12.3. The van der Waals surface area contributed by atoms with Gasteiger partial charge in [-0.15, -0.1) is 0 Å². The van der Waals surface area contributed by atoms with E-state index >= 15 is 0 Å². The minimum atomic E-state index is 0.950. The standard InChI is InChI=1S/C59H39N3/c1-4-16-40(17-5-1)46-38-54(42-18-6-2-7-19-42)60-55(39-46)45-21-14-20-43(36-45)44-32-35-58-53(37-44)51-25-11-12-28-56(51)61(58)48-33-30-41(31-34-48)49-26-15-27-52-50-24-10-13-29-57(50)62(59(49)52)47-22-8-3-9-23-47/h1-39H. The second kappa shape index (κ2) is 14.8. The van der Waals surface area contributed by atoms with Crippen LogP contribution in [0, 0.1) is 0 Å². The molecule has 290 valence electrons. The number of rotatable bonds is 7. The molecule has 0 saturated heterocycles. The van der Waals surface area contributed by atoms with Gasteiger partial charge in [0, 0.05) is 49.6 Å². The van der Waals surface area contributed by atoms with Crippen molar-refractivity contribution in [2.45, 2.75) is 0 Å². The highest BCUT2D eigenvalue weighted by Gasteiger charge is 2.18. The molecule has 3 aromatic heterocycles. The molecule has 3 heterocycles. The Kier molecular flexibility index (Phi) is 8.50. The number of hydrogen-bond acceptors (Lipinski definition) is 1. The molecule has 9 aromatic carbocycles. The maximum atomic E-state index is 5.23. The van der Waals surface area contributed by atoms with Gasteiger partial charge in [0.25, 0.3) is 0 Å². The molecular weight excluding hydrogens is 751 g/mol. The Labute approximate surface area is 360 Å². The van der Waals surface area contributed by atoms with Crippen molar-refractivity contribution in [3.63, 3.8) is 0 Å². The average Bonchev–Trinajstić information content (AvgIpc) is 3.88. The minimum Gasteiger partial charge on any atom is -0.309 e. The average molecular weight is 790 g/mol. The SMILES string of the molecule is c1ccc(-c2cc(-c3ccccc3)nc(-c3cccc(-c4ccc5c(c4)c4ccccc4n5-c4ccc(-c5cccc6c7ccccc7n(-c7ccccc7)c56)cc4)c3)c2)cc1. The molecule has 0 aliphatic carbocycles. The summed E-state index contributed by atoms with van der Waals surface area (Å²) in [4.78, 5) is 5.23. The van der Waals surface area contributed by atoms with E-state index in [1.165, 1.54) is 65.9 Å². The Morgan fingerprint density at radius 3 is 1.50 bits per heavy atom. The molecule has 12 aromatic rings. The van der Waals surface area contributed by atoms with Crippen molar-refractivity contribution in [3.05, 3.63) is 237 Å². The zero-order valence-electron chi connectivity index (χ0n) is 33.9. The molecule has 0 fully saturated rings. The third kappa shape index (κ3) is 6.02. The number of benzene rings is 9. The van der Waals surface area contributed by atoms with Gasteiger partial charge in [-0.05, 0) is 94.5 Å². The number of nitrogens with zero attached hydrogens (tertiary/aromatic N) is 3. The van der Waals surface area contributed by atoms with Crippen LogP contribution in [0.2, 0.25) is 0 Å². The molecule has 0 aliphatic heterocycles. The van der Waals surface area contributed by atoms with Crippen LogP contribution >= 0.6 is 0 Å². The minimum absolute atomic E-state index is 0.950. The van der Waals surface area contributed by atoms with Crippen molar-refractivity contribution in [1.82, 2.24) is 14.1 Å². The largest absolute Gasteiger partial charge is 0.309 e. The highest BCUT2D eigenvalue weighted by molar-refractivity contribution is 6.14. The zero-order chi connectivity index (χ0) is 41.0. The van der Waals surface area contributed by atoms with Crippen LogP contribution in [-0.4, -0.2) is 14.1 Å². The molecule has 62 heavy (non-hydrogen) atoms. The molecule has 0 radical (unpaired) electrons. The van der Waals surface area contributed by atoms with E-state index in [1.54, 1.807) is 0 Å². The molecule has 0 spiro atoms. The molecule has 12 rings (SSSR count). The van der Waals surface area contributed by atoms with E-state index in [4.69, 9.17) is 4.98 Å². The second-order valence-electron chi connectivity index (χ2n) is 16.0. The van der Waals surface area contributed by atoms with Gasteiger partial charge in [0.1, 0.15) is 0 Å². The first kappa shape index (κ1) is 35.7. The fraction of sp³-hybridized carbons (Fsp3) is 0. The van der Waals surface area contributed by atoms with Gasteiger partial charge in [-0.3, -0.25) is 0 Å². The topological polar surface area (TPSA) is 22.8 Å². The Morgan fingerprint density at radius 1 is 0.258 bits per heavy atom. The van der Waals surface area contributed by atoms with E-state index in [1.807, 2.05) is 6.07 Å². The highest BCUT2D eigenvalue weighted by atomic mass is 15.0. The van der Waals surface area contributed by atoms with E-state index in [-0.39, 0.29) is 0 Å². The Morgan fingerprint density at radius 2 is 0.758 bits per heavy atom. The van der Waals surface area contributed by atoms with Gasteiger partial charge in [-0.25, -0.2) is 4.98 Å². The maximum Gasteiger partial charge on any atom is 0.0715 e. The molecule has 0 N–H and O–H groups in total. The maximum absolute atomic E-state index is 5.23. The molecule has 0 saturated carbocycles. The summed E-state index contributed by atoms with van der Waals surface area (Å²) in [6.07, 6.45) is 0. The Hall–Kier alpha value is -8.27. The van der Waals surface area contributed by atoms with Crippen molar-refractivity contribution in [2.24, 2.45) is 0 Å². The molecule has 3 heteroatoms. The summed E-state index contributed by atoms with van der Waals surface area (Å²) in [5.74, 6) is 0. The first-order chi connectivity index (χ1) is 30.7. The number of hydrogen-bond donors (Lipinski definition) is 0. The third-order valence-electron chi connectivity index (χ3n) is 12.3. The monoisotopic (exact) mass is 789 g/mol. The summed E-state index contributed by atoms with van der Waals surface area (Å²) >= 11 is 0. The summed E-state index contributed by atoms with van der Waals surface area (Å²) < 4.78 is 4.81. The van der Waals surface area contributed by atoms with Crippen LogP contribution in [0.5, 0.6) is 0 Å². The van der Waals surface area contributed by atoms with E-state index in [2.05, 4.69) is 240 Å². The Bertz CT molecular complexity index is 3540. The van der Waals surface area contributed by atoms with Gasteiger partial charge in [0.2, 0.25) is 0 Å². The fourth-order valence-corrected chi connectivity index (χ4v) is 9.41. The number of pyridine rings is 1. The molecule has 0 atom stereocenters. The first-order valence-corrected chi connectivity index (χ1v) is 21.2. The molecule has 3 nitrogen and oxygen atoms in total. The number of para-hydroxylation sites is 4. The summed E-state index contributed by atoms with van der Waals surface area (Å²) in [6.45, 7) is 0. The van der Waals surface area contributed by atoms with Gasteiger partial charge >= 0.3 is 0 Å². The molecule has 0 unspecified atom stereocenters. The quantitative estimate of drug-likeness (QED) is 0.158.